The van der Waals surface area contributed by atoms with Gasteiger partial charge >= 0.3 is 0 Å². The maximum atomic E-state index is 13.4. The van der Waals surface area contributed by atoms with Gasteiger partial charge in [0.15, 0.2) is 0 Å². The second-order valence-electron chi connectivity index (χ2n) is 4.45. The van der Waals surface area contributed by atoms with E-state index in [1.807, 2.05) is 32.2 Å². The zero-order valence-electron chi connectivity index (χ0n) is 10.7. The molecule has 0 aliphatic carbocycles. The van der Waals surface area contributed by atoms with Crippen LogP contribution in [0.25, 0.3) is 0 Å². The fraction of sp³-hybridized carbons (Fsp3) is 0.200. The fourth-order valence-corrected chi connectivity index (χ4v) is 2.69. The predicted octanol–water partition coefficient (Wildman–Crippen LogP) is 4.75. The van der Waals surface area contributed by atoms with Crippen LogP contribution in [0, 0.1) is 12.7 Å². The van der Waals surface area contributed by atoms with Crippen LogP contribution in [0.1, 0.15) is 22.7 Å². The van der Waals surface area contributed by atoms with Gasteiger partial charge < -0.3 is 5.32 Å². The molecule has 0 aliphatic rings. The normalized spacial score (nSPS) is 12.5. The van der Waals surface area contributed by atoms with E-state index in [-0.39, 0.29) is 11.9 Å². The summed E-state index contributed by atoms with van der Waals surface area (Å²) in [5, 5.41) is 4.33. The Labute approximate surface area is 122 Å². The molecule has 0 aromatic heterocycles. The number of hydrogen-bond acceptors (Lipinski definition) is 1. The van der Waals surface area contributed by atoms with E-state index in [2.05, 4.69) is 5.32 Å². The van der Waals surface area contributed by atoms with Gasteiger partial charge in [-0.3, -0.25) is 0 Å². The van der Waals surface area contributed by atoms with Gasteiger partial charge in [-0.1, -0.05) is 29.3 Å². The topological polar surface area (TPSA) is 12.0 Å². The van der Waals surface area contributed by atoms with Crippen LogP contribution in [-0.4, -0.2) is 7.05 Å². The summed E-state index contributed by atoms with van der Waals surface area (Å²) in [6.07, 6.45) is 0. The van der Waals surface area contributed by atoms with Crippen LogP contribution in [0.15, 0.2) is 36.4 Å². The summed E-state index contributed by atoms with van der Waals surface area (Å²) in [6.45, 7) is 1.97. The number of hydrogen-bond donors (Lipinski definition) is 1. The van der Waals surface area contributed by atoms with Crippen LogP contribution >= 0.6 is 23.2 Å². The van der Waals surface area contributed by atoms with Crippen molar-refractivity contribution in [3.05, 3.63) is 69.0 Å². The van der Waals surface area contributed by atoms with Crippen molar-refractivity contribution in [1.29, 1.82) is 0 Å². The number of rotatable bonds is 3. The zero-order valence-corrected chi connectivity index (χ0v) is 12.2. The SMILES string of the molecule is CNC(c1cc(C)cc(Cl)c1)c1cc(F)ccc1Cl. The molecule has 1 unspecified atom stereocenters. The molecule has 1 nitrogen and oxygen atoms in total. The molecule has 0 aliphatic heterocycles. The average Bonchev–Trinajstić information content (AvgIpc) is 2.33. The molecule has 1 N–H and O–H groups in total. The van der Waals surface area contributed by atoms with Crippen LogP contribution in [0.3, 0.4) is 0 Å². The highest BCUT2D eigenvalue weighted by Crippen LogP contribution is 2.30. The molecule has 0 spiro atoms. The molecule has 1 atom stereocenters. The van der Waals surface area contributed by atoms with Crippen molar-refractivity contribution in [2.75, 3.05) is 7.05 Å². The molecule has 0 saturated carbocycles. The lowest BCUT2D eigenvalue weighted by Gasteiger charge is -2.19. The van der Waals surface area contributed by atoms with E-state index in [4.69, 9.17) is 23.2 Å². The van der Waals surface area contributed by atoms with E-state index in [0.717, 1.165) is 11.1 Å². The molecule has 0 heterocycles. The van der Waals surface area contributed by atoms with Gasteiger partial charge in [-0.2, -0.15) is 0 Å². The first-order chi connectivity index (χ1) is 9.01. The van der Waals surface area contributed by atoms with Crippen LogP contribution < -0.4 is 5.32 Å². The number of halogens is 3. The molecular formula is C15H14Cl2FN. The van der Waals surface area contributed by atoms with Crippen LogP contribution in [-0.2, 0) is 0 Å². The standard InChI is InChI=1S/C15H14Cl2FN/c1-9-5-10(7-11(16)6-9)15(19-2)13-8-12(18)3-4-14(13)17/h3-8,15,19H,1-2H3. The highest BCUT2D eigenvalue weighted by atomic mass is 35.5. The maximum Gasteiger partial charge on any atom is 0.123 e. The molecule has 0 radical (unpaired) electrons. The first kappa shape index (κ1) is 14.3. The fourth-order valence-electron chi connectivity index (χ4n) is 2.17. The van der Waals surface area contributed by atoms with E-state index in [1.54, 1.807) is 6.07 Å². The molecule has 0 fully saturated rings. The van der Waals surface area contributed by atoms with Crippen molar-refractivity contribution in [1.82, 2.24) is 5.32 Å². The monoisotopic (exact) mass is 297 g/mol. The largest absolute Gasteiger partial charge is 0.309 e. The molecule has 2 aromatic carbocycles. The van der Waals surface area contributed by atoms with E-state index < -0.39 is 0 Å². The van der Waals surface area contributed by atoms with Crippen LogP contribution in [0.2, 0.25) is 10.0 Å². The molecule has 100 valence electrons. The Kier molecular flexibility index (Phi) is 4.46. The van der Waals surface area contributed by atoms with Crippen LogP contribution in [0.5, 0.6) is 0 Å². The summed E-state index contributed by atoms with van der Waals surface area (Å²) in [4.78, 5) is 0. The lowest BCUT2D eigenvalue weighted by atomic mass is 9.97. The lowest BCUT2D eigenvalue weighted by molar-refractivity contribution is 0.617. The molecule has 2 aromatic rings. The molecule has 0 saturated heterocycles. The molecular weight excluding hydrogens is 284 g/mol. The third-order valence-electron chi connectivity index (χ3n) is 2.96. The van der Waals surface area contributed by atoms with Crippen molar-refractivity contribution in [3.63, 3.8) is 0 Å². The van der Waals surface area contributed by atoms with Gasteiger partial charge in [-0.25, -0.2) is 4.39 Å². The first-order valence-corrected chi connectivity index (χ1v) is 6.66. The summed E-state index contributed by atoms with van der Waals surface area (Å²) in [7, 11) is 1.81. The minimum Gasteiger partial charge on any atom is -0.309 e. The highest BCUT2D eigenvalue weighted by molar-refractivity contribution is 6.31. The average molecular weight is 298 g/mol. The van der Waals surface area contributed by atoms with Gasteiger partial charge in [-0.15, -0.1) is 0 Å². The Balaban J connectivity index is 2.52. The van der Waals surface area contributed by atoms with Gasteiger partial charge in [-0.05, 0) is 61.0 Å². The van der Waals surface area contributed by atoms with Gasteiger partial charge in [0.1, 0.15) is 5.82 Å². The van der Waals surface area contributed by atoms with Crippen molar-refractivity contribution in [2.45, 2.75) is 13.0 Å². The van der Waals surface area contributed by atoms with Crippen molar-refractivity contribution in [3.8, 4) is 0 Å². The molecule has 0 amide bonds. The maximum absolute atomic E-state index is 13.4. The Morgan fingerprint density at radius 3 is 2.47 bits per heavy atom. The molecule has 2 rings (SSSR count). The third kappa shape index (κ3) is 3.27. The number of aryl methyl sites for hydroxylation is 1. The zero-order chi connectivity index (χ0) is 14.0. The van der Waals surface area contributed by atoms with E-state index in [0.29, 0.717) is 15.6 Å². The number of nitrogens with one attached hydrogen (secondary N) is 1. The highest BCUT2D eigenvalue weighted by Gasteiger charge is 2.16. The third-order valence-corrected chi connectivity index (χ3v) is 3.52. The summed E-state index contributed by atoms with van der Waals surface area (Å²) in [5.74, 6) is -0.307. The Hall–Kier alpha value is -1.09. The second kappa shape index (κ2) is 5.91. The second-order valence-corrected chi connectivity index (χ2v) is 5.29. The lowest BCUT2D eigenvalue weighted by Crippen LogP contribution is -2.18. The summed E-state index contributed by atoms with van der Waals surface area (Å²) < 4.78 is 13.4. The quantitative estimate of drug-likeness (QED) is 0.862. The smallest absolute Gasteiger partial charge is 0.123 e. The minimum absolute atomic E-state index is 0.194. The first-order valence-electron chi connectivity index (χ1n) is 5.90. The van der Waals surface area contributed by atoms with E-state index in [1.165, 1.54) is 12.1 Å². The molecule has 19 heavy (non-hydrogen) atoms. The van der Waals surface area contributed by atoms with Crippen molar-refractivity contribution < 1.29 is 4.39 Å². The summed E-state index contributed by atoms with van der Waals surface area (Å²) in [5.41, 5.74) is 2.71. The van der Waals surface area contributed by atoms with Gasteiger partial charge in [0.25, 0.3) is 0 Å². The van der Waals surface area contributed by atoms with Gasteiger partial charge in [0.2, 0.25) is 0 Å². The Bertz CT molecular complexity index is 578. The predicted molar refractivity (Wildman–Crippen MR) is 78.5 cm³/mol. The van der Waals surface area contributed by atoms with Crippen molar-refractivity contribution in [2.24, 2.45) is 0 Å². The molecule has 0 bridgehead atoms. The summed E-state index contributed by atoms with van der Waals surface area (Å²) >= 11 is 12.2. The Morgan fingerprint density at radius 2 is 1.84 bits per heavy atom. The van der Waals surface area contributed by atoms with E-state index in [9.17, 15) is 4.39 Å². The van der Waals surface area contributed by atoms with Crippen LogP contribution in [0.4, 0.5) is 4.39 Å². The van der Waals surface area contributed by atoms with Crippen molar-refractivity contribution >= 4 is 23.2 Å². The van der Waals surface area contributed by atoms with Gasteiger partial charge in [0.05, 0.1) is 6.04 Å². The minimum atomic E-state index is -0.307. The van der Waals surface area contributed by atoms with Gasteiger partial charge in [0, 0.05) is 10.0 Å². The Morgan fingerprint density at radius 1 is 1.11 bits per heavy atom. The number of benzene rings is 2. The summed E-state index contributed by atoms with van der Waals surface area (Å²) in [6, 6.07) is 9.91. The molecule has 4 heteroatoms. The van der Waals surface area contributed by atoms with E-state index >= 15 is 0 Å².